The van der Waals surface area contributed by atoms with Gasteiger partial charge in [0.25, 0.3) is 5.91 Å². The molecule has 6 nitrogen and oxygen atoms in total. The lowest BCUT2D eigenvalue weighted by molar-refractivity contribution is 0.0698. The van der Waals surface area contributed by atoms with Crippen molar-refractivity contribution in [1.29, 1.82) is 0 Å². The molecule has 0 spiro atoms. The summed E-state index contributed by atoms with van der Waals surface area (Å²) in [4.78, 5) is 16.8. The van der Waals surface area contributed by atoms with Crippen molar-refractivity contribution in [2.75, 3.05) is 44.2 Å². The van der Waals surface area contributed by atoms with Gasteiger partial charge in [0.2, 0.25) is 10.0 Å². The second-order valence-corrected chi connectivity index (χ2v) is 9.12. The fourth-order valence-electron chi connectivity index (χ4n) is 3.63. The lowest BCUT2D eigenvalue weighted by Gasteiger charge is -2.34. The third-order valence-electron chi connectivity index (χ3n) is 5.35. The number of rotatable bonds is 7. The van der Waals surface area contributed by atoms with E-state index in [1.807, 2.05) is 54.6 Å². The topological polar surface area (TPSA) is 60.9 Å². The van der Waals surface area contributed by atoms with Crippen LogP contribution in [0.1, 0.15) is 29.8 Å². The largest absolute Gasteiger partial charge is 0.372 e. The van der Waals surface area contributed by atoms with Crippen molar-refractivity contribution in [2.24, 2.45) is 0 Å². The van der Waals surface area contributed by atoms with E-state index in [0.717, 1.165) is 24.3 Å². The molecule has 2 aromatic rings. The summed E-state index contributed by atoms with van der Waals surface area (Å²) in [5, 5.41) is 0. The molecular formula is C22H29N3O3S. The van der Waals surface area contributed by atoms with Crippen molar-refractivity contribution >= 4 is 21.6 Å². The van der Waals surface area contributed by atoms with Crippen LogP contribution in [0.15, 0.2) is 54.6 Å². The second kappa shape index (κ2) is 9.41. The lowest BCUT2D eigenvalue weighted by atomic mass is 10.1. The summed E-state index contributed by atoms with van der Waals surface area (Å²) < 4.78 is 26.8. The van der Waals surface area contributed by atoms with Gasteiger partial charge in [0, 0.05) is 50.5 Å². The minimum absolute atomic E-state index is 0.00535. The molecule has 0 bridgehead atoms. The van der Waals surface area contributed by atoms with Gasteiger partial charge in [-0.2, -0.15) is 4.31 Å². The molecule has 0 aliphatic carbocycles. The van der Waals surface area contributed by atoms with Gasteiger partial charge in [-0.1, -0.05) is 30.3 Å². The van der Waals surface area contributed by atoms with Crippen LogP contribution in [0.3, 0.4) is 0 Å². The van der Waals surface area contributed by atoms with Crippen LogP contribution >= 0.6 is 0 Å². The zero-order valence-corrected chi connectivity index (χ0v) is 17.9. The van der Waals surface area contributed by atoms with E-state index in [2.05, 4.69) is 18.7 Å². The van der Waals surface area contributed by atoms with E-state index in [1.165, 1.54) is 4.31 Å². The summed E-state index contributed by atoms with van der Waals surface area (Å²) in [5.41, 5.74) is 2.52. The van der Waals surface area contributed by atoms with Crippen LogP contribution in [0.4, 0.5) is 5.69 Å². The van der Waals surface area contributed by atoms with E-state index >= 15 is 0 Å². The molecule has 2 aromatic carbocycles. The van der Waals surface area contributed by atoms with Crippen molar-refractivity contribution in [1.82, 2.24) is 9.21 Å². The third-order valence-corrected chi connectivity index (χ3v) is 7.20. The van der Waals surface area contributed by atoms with E-state index in [4.69, 9.17) is 0 Å². The molecule has 0 saturated carbocycles. The van der Waals surface area contributed by atoms with Crippen LogP contribution in [-0.4, -0.2) is 62.8 Å². The fourth-order valence-corrected chi connectivity index (χ4v) is 5.15. The molecule has 0 radical (unpaired) electrons. The lowest BCUT2D eigenvalue weighted by Crippen LogP contribution is -2.50. The number of sulfonamides is 1. The summed E-state index contributed by atoms with van der Waals surface area (Å²) in [6, 6.07) is 16.8. The molecule has 0 unspecified atom stereocenters. The summed E-state index contributed by atoms with van der Waals surface area (Å²) in [7, 11) is -3.38. The van der Waals surface area contributed by atoms with E-state index in [9.17, 15) is 13.2 Å². The highest BCUT2D eigenvalue weighted by Crippen LogP contribution is 2.18. The Morgan fingerprint density at radius 3 is 2.03 bits per heavy atom. The number of hydrogen-bond donors (Lipinski definition) is 0. The molecule has 1 aliphatic rings. The predicted octanol–water partition coefficient (Wildman–Crippen LogP) is 2.82. The Balaban J connectivity index is 1.59. The molecule has 0 N–H and O–H groups in total. The molecule has 1 saturated heterocycles. The van der Waals surface area contributed by atoms with Crippen LogP contribution in [-0.2, 0) is 15.8 Å². The van der Waals surface area contributed by atoms with Gasteiger partial charge in [-0.3, -0.25) is 4.79 Å². The maximum atomic E-state index is 12.8. The number of anilines is 1. The highest BCUT2D eigenvalue weighted by Gasteiger charge is 2.29. The Labute approximate surface area is 173 Å². The number of carbonyl (C=O) groups is 1. The molecule has 0 atom stereocenters. The first-order chi connectivity index (χ1) is 13.9. The van der Waals surface area contributed by atoms with Gasteiger partial charge < -0.3 is 9.80 Å². The van der Waals surface area contributed by atoms with Crippen LogP contribution < -0.4 is 4.90 Å². The molecule has 1 amide bonds. The number of nitrogens with zero attached hydrogens (tertiary/aromatic N) is 3. The molecule has 156 valence electrons. The Hall–Kier alpha value is -2.38. The first-order valence-corrected chi connectivity index (χ1v) is 11.7. The van der Waals surface area contributed by atoms with Crippen molar-refractivity contribution in [3.8, 4) is 0 Å². The average molecular weight is 416 g/mol. The molecule has 7 heteroatoms. The van der Waals surface area contributed by atoms with Crippen LogP contribution in [0.25, 0.3) is 0 Å². The summed E-state index contributed by atoms with van der Waals surface area (Å²) in [5.74, 6) is -0.0505. The number of piperazine rings is 1. The van der Waals surface area contributed by atoms with E-state index in [0.29, 0.717) is 31.7 Å². The SMILES string of the molecule is CCN(CC)c1ccc(C(=O)N2CCN(S(=O)(=O)Cc3ccccc3)CC2)cc1. The molecule has 1 heterocycles. The Kier molecular flexibility index (Phi) is 6.92. The van der Waals surface area contributed by atoms with Crippen molar-refractivity contribution in [3.63, 3.8) is 0 Å². The van der Waals surface area contributed by atoms with Gasteiger partial charge in [-0.05, 0) is 43.7 Å². The molecule has 29 heavy (non-hydrogen) atoms. The van der Waals surface area contributed by atoms with Gasteiger partial charge in [0.05, 0.1) is 5.75 Å². The Morgan fingerprint density at radius 1 is 0.897 bits per heavy atom. The third kappa shape index (κ3) is 5.16. The fraction of sp³-hybridized carbons (Fsp3) is 0.409. The van der Waals surface area contributed by atoms with E-state index < -0.39 is 10.0 Å². The number of carbonyl (C=O) groups excluding carboxylic acids is 1. The van der Waals surface area contributed by atoms with Gasteiger partial charge >= 0.3 is 0 Å². The minimum Gasteiger partial charge on any atom is -0.372 e. The zero-order valence-electron chi connectivity index (χ0n) is 17.1. The standard InChI is InChI=1S/C22H29N3O3S/c1-3-23(4-2)21-12-10-20(11-13-21)22(26)24-14-16-25(17-15-24)29(27,28)18-19-8-6-5-7-9-19/h5-13H,3-4,14-18H2,1-2H3. The Morgan fingerprint density at radius 2 is 1.48 bits per heavy atom. The van der Waals surface area contributed by atoms with Crippen LogP contribution in [0, 0.1) is 0 Å². The summed E-state index contributed by atoms with van der Waals surface area (Å²) >= 11 is 0. The van der Waals surface area contributed by atoms with Crippen molar-refractivity contribution in [2.45, 2.75) is 19.6 Å². The average Bonchev–Trinajstić information content (AvgIpc) is 2.75. The van der Waals surface area contributed by atoms with Gasteiger partial charge in [-0.25, -0.2) is 8.42 Å². The highest BCUT2D eigenvalue weighted by molar-refractivity contribution is 7.88. The molecular weight excluding hydrogens is 386 g/mol. The maximum absolute atomic E-state index is 12.8. The van der Waals surface area contributed by atoms with E-state index in [1.54, 1.807) is 4.90 Å². The first-order valence-electron chi connectivity index (χ1n) is 10.1. The smallest absolute Gasteiger partial charge is 0.253 e. The number of hydrogen-bond acceptors (Lipinski definition) is 4. The molecule has 1 aliphatic heterocycles. The van der Waals surface area contributed by atoms with Crippen LogP contribution in [0.5, 0.6) is 0 Å². The van der Waals surface area contributed by atoms with Gasteiger partial charge in [0.1, 0.15) is 0 Å². The quantitative estimate of drug-likeness (QED) is 0.698. The van der Waals surface area contributed by atoms with Gasteiger partial charge in [-0.15, -0.1) is 0 Å². The minimum atomic E-state index is -3.38. The Bertz CT molecular complexity index is 902. The van der Waals surface area contributed by atoms with E-state index in [-0.39, 0.29) is 11.7 Å². The first kappa shape index (κ1) is 21.3. The monoisotopic (exact) mass is 415 g/mol. The number of amides is 1. The van der Waals surface area contributed by atoms with Crippen molar-refractivity contribution in [3.05, 3.63) is 65.7 Å². The molecule has 3 rings (SSSR count). The number of benzene rings is 2. The van der Waals surface area contributed by atoms with Crippen molar-refractivity contribution < 1.29 is 13.2 Å². The normalized spacial score (nSPS) is 15.3. The zero-order chi connectivity index (χ0) is 20.9. The maximum Gasteiger partial charge on any atom is 0.253 e. The summed E-state index contributed by atoms with van der Waals surface area (Å²) in [6.45, 7) is 7.53. The summed E-state index contributed by atoms with van der Waals surface area (Å²) in [6.07, 6.45) is 0. The second-order valence-electron chi connectivity index (χ2n) is 7.15. The van der Waals surface area contributed by atoms with Crippen LogP contribution in [0.2, 0.25) is 0 Å². The predicted molar refractivity (Wildman–Crippen MR) is 117 cm³/mol. The highest BCUT2D eigenvalue weighted by atomic mass is 32.2. The van der Waals surface area contributed by atoms with Gasteiger partial charge in [0.15, 0.2) is 0 Å². The molecule has 0 aromatic heterocycles. The molecule has 1 fully saturated rings.